The summed E-state index contributed by atoms with van der Waals surface area (Å²) in [5.74, 6) is -0.219. The van der Waals surface area contributed by atoms with Crippen LogP contribution in [0.25, 0.3) is 0 Å². The summed E-state index contributed by atoms with van der Waals surface area (Å²) in [6, 6.07) is 0. The molecule has 3 saturated carbocycles. The Balaban J connectivity index is 1.05. The van der Waals surface area contributed by atoms with Crippen LogP contribution in [0.3, 0.4) is 0 Å². The van der Waals surface area contributed by atoms with E-state index in [4.69, 9.17) is 33.2 Å². The molecule has 0 aromatic heterocycles. The summed E-state index contributed by atoms with van der Waals surface area (Å²) in [6.45, 7) is 16.5. The van der Waals surface area contributed by atoms with E-state index in [0.717, 1.165) is 49.7 Å². The van der Waals surface area contributed by atoms with E-state index in [9.17, 15) is 35.4 Å². The van der Waals surface area contributed by atoms with Gasteiger partial charge in [-0.3, -0.25) is 0 Å². The van der Waals surface area contributed by atoms with E-state index >= 15 is 0 Å². The third-order valence-electron chi connectivity index (χ3n) is 16.7. The molecule has 0 bridgehead atoms. The average Bonchev–Trinajstić information content (AvgIpc) is 3.64. The third kappa shape index (κ3) is 6.97. The average molecular weight is 821 g/mol. The molecule has 4 saturated heterocycles. The van der Waals surface area contributed by atoms with E-state index < -0.39 is 96.7 Å². The molecule has 22 atom stereocenters. The molecule has 328 valence electrons. The zero-order chi connectivity index (χ0) is 41.6. The van der Waals surface area contributed by atoms with E-state index in [2.05, 4.69) is 33.4 Å². The Morgan fingerprint density at radius 2 is 1.76 bits per heavy atom. The number of allylic oxidation sites excluding steroid dienone is 1. The lowest BCUT2D eigenvalue weighted by molar-refractivity contribution is -0.363. The Labute approximate surface area is 342 Å². The van der Waals surface area contributed by atoms with Crippen molar-refractivity contribution in [1.82, 2.24) is 0 Å². The molecule has 0 aromatic carbocycles. The van der Waals surface area contributed by atoms with Crippen molar-refractivity contribution in [1.29, 1.82) is 0 Å². The summed E-state index contributed by atoms with van der Waals surface area (Å²) in [6.07, 6.45) is -5.86. The van der Waals surface area contributed by atoms with Crippen LogP contribution in [0, 0.1) is 46.3 Å². The van der Waals surface area contributed by atoms with Crippen LogP contribution in [-0.2, 0) is 38.0 Å². The third-order valence-corrected chi connectivity index (χ3v) is 16.7. The molecule has 4 aliphatic heterocycles. The topological polar surface area (TPSA) is 203 Å². The number of ether oxygens (including phenoxy) is 7. The highest BCUT2D eigenvalue weighted by atomic mass is 16.8. The van der Waals surface area contributed by atoms with E-state index in [-0.39, 0.29) is 30.0 Å². The lowest BCUT2D eigenvalue weighted by atomic mass is 9.46. The summed E-state index contributed by atoms with van der Waals surface area (Å²) in [5.41, 5.74) is 1.84. The maximum absolute atomic E-state index is 13.0. The molecule has 14 nitrogen and oxygen atoms in total. The summed E-state index contributed by atoms with van der Waals surface area (Å²) in [7, 11) is 0. The van der Waals surface area contributed by atoms with E-state index in [1.807, 2.05) is 6.92 Å². The van der Waals surface area contributed by atoms with Crippen molar-refractivity contribution in [2.24, 2.45) is 46.3 Å². The Kier molecular flexibility index (Phi) is 11.9. The van der Waals surface area contributed by atoms with Crippen molar-refractivity contribution in [3.63, 3.8) is 0 Å². The van der Waals surface area contributed by atoms with Gasteiger partial charge in [0.15, 0.2) is 30.6 Å². The van der Waals surface area contributed by atoms with Crippen molar-refractivity contribution >= 4 is 5.97 Å². The molecule has 8 rings (SSSR count). The van der Waals surface area contributed by atoms with Crippen LogP contribution >= 0.6 is 0 Å². The monoisotopic (exact) mass is 820 g/mol. The Morgan fingerprint density at radius 3 is 2.47 bits per heavy atom. The Morgan fingerprint density at radius 1 is 1.00 bits per heavy atom. The van der Waals surface area contributed by atoms with Crippen LogP contribution in [0.15, 0.2) is 23.8 Å². The van der Waals surface area contributed by atoms with Crippen molar-refractivity contribution < 1.29 is 68.6 Å². The fraction of sp³-hybridized carbons (Fsp3) is 0.886. The zero-order valence-corrected chi connectivity index (χ0v) is 35.0. The van der Waals surface area contributed by atoms with E-state index in [1.54, 1.807) is 6.92 Å². The number of esters is 1. The highest BCUT2D eigenvalue weighted by molar-refractivity contribution is 5.75. The first kappa shape index (κ1) is 43.1. The van der Waals surface area contributed by atoms with Gasteiger partial charge in [0.25, 0.3) is 0 Å². The zero-order valence-electron chi connectivity index (χ0n) is 35.0. The molecule has 4 aliphatic carbocycles. The maximum atomic E-state index is 13.0. The molecule has 7 fully saturated rings. The first-order valence-corrected chi connectivity index (χ1v) is 22.0. The first-order valence-electron chi connectivity index (χ1n) is 22.0. The minimum atomic E-state index is -1.69. The largest absolute Gasteiger partial charge is 0.455 e. The van der Waals surface area contributed by atoms with Crippen LogP contribution in [0.4, 0.5) is 0 Å². The highest BCUT2D eigenvalue weighted by Crippen LogP contribution is 2.71. The number of aliphatic hydroxyl groups is 6. The number of fused-ring (bicyclic) bond motifs is 7. The van der Waals surface area contributed by atoms with Crippen LogP contribution in [0.5, 0.6) is 0 Å². The Hall–Kier alpha value is -1.53. The van der Waals surface area contributed by atoms with Gasteiger partial charge in [-0.2, -0.15) is 0 Å². The van der Waals surface area contributed by atoms with Crippen molar-refractivity contribution in [2.45, 2.75) is 185 Å². The molecule has 1 spiro atoms. The smallest absolute Gasteiger partial charge is 0.335 e. The molecular formula is C44H68O14. The fourth-order valence-corrected chi connectivity index (χ4v) is 13.0. The molecule has 0 radical (unpaired) electrons. The number of rotatable bonds is 8. The van der Waals surface area contributed by atoms with E-state index in [0.29, 0.717) is 43.6 Å². The van der Waals surface area contributed by atoms with Gasteiger partial charge in [0.05, 0.1) is 37.6 Å². The van der Waals surface area contributed by atoms with E-state index in [1.165, 1.54) is 6.92 Å². The molecule has 0 aromatic rings. The van der Waals surface area contributed by atoms with Gasteiger partial charge < -0.3 is 63.8 Å². The van der Waals surface area contributed by atoms with Gasteiger partial charge in [-0.25, -0.2) is 4.79 Å². The second-order valence-electron chi connectivity index (χ2n) is 19.7. The molecule has 0 unspecified atom stereocenters. The van der Waals surface area contributed by atoms with Gasteiger partial charge in [0.2, 0.25) is 0 Å². The number of carbonyl (C=O) groups is 1. The lowest BCUT2D eigenvalue weighted by Crippen LogP contribution is -2.64. The lowest BCUT2D eigenvalue weighted by Gasteiger charge is -2.60. The number of carbonyl (C=O) groups excluding carboxylic acids is 1. The number of hydrogen-bond acceptors (Lipinski definition) is 14. The summed E-state index contributed by atoms with van der Waals surface area (Å²) < 4.78 is 44.2. The van der Waals surface area contributed by atoms with Gasteiger partial charge in [0, 0.05) is 24.2 Å². The number of hydrogen-bond donors (Lipinski definition) is 6. The second kappa shape index (κ2) is 16.0. The van der Waals surface area contributed by atoms with Gasteiger partial charge in [0.1, 0.15) is 30.5 Å². The number of aliphatic hydroxyl groups excluding tert-OH is 6. The summed E-state index contributed by atoms with van der Waals surface area (Å²) >= 11 is 0. The normalized spacial score (nSPS) is 52.5. The quantitative estimate of drug-likeness (QED) is 0.154. The predicted octanol–water partition coefficient (Wildman–Crippen LogP) is 2.88. The summed E-state index contributed by atoms with van der Waals surface area (Å²) in [5, 5.41) is 65.6. The van der Waals surface area contributed by atoms with Gasteiger partial charge >= 0.3 is 5.97 Å². The molecule has 4 heterocycles. The van der Waals surface area contributed by atoms with Gasteiger partial charge in [-0.05, 0) is 80.5 Å². The van der Waals surface area contributed by atoms with Gasteiger partial charge in [-0.1, -0.05) is 64.8 Å². The van der Waals surface area contributed by atoms with Crippen LogP contribution in [-0.4, -0.2) is 135 Å². The minimum Gasteiger partial charge on any atom is -0.455 e. The molecule has 8 aliphatic rings. The molecule has 6 N–H and O–H groups in total. The summed E-state index contributed by atoms with van der Waals surface area (Å²) in [4.78, 5) is 13.0. The predicted molar refractivity (Wildman–Crippen MR) is 206 cm³/mol. The van der Waals surface area contributed by atoms with Crippen LogP contribution < -0.4 is 0 Å². The van der Waals surface area contributed by atoms with Crippen molar-refractivity contribution in [3.8, 4) is 0 Å². The standard InChI is InChI=1S/C44H68O14/c1-8-21(3)33(46)39(51)55-30-19-52-41(38(35(30)48)57-40-37(50)36(49)34(47)23(5)54-40)56-31-16-25(45)15-24-9-10-26-27(43(24,31)7)12-13-42(6)28(26)17-29-32(42)22(4)44(58-29)14-11-20(2)18-53-44/h9,21-23,25-38,40-41,45-50H,2,8,10-19H2,1,3-7H3/t21-,22-,23-,25+,26+,27-,28-,29-,30-,31+,32-,33+,34-,35-,36+,37+,38+,40-,41-,42-,43-,44+/m0/s1. The molecule has 58 heavy (non-hydrogen) atoms. The maximum Gasteiger partial charge on any atom is 0.335 e. The molecule has 14 heteroatoms. The molecular weight excluding hydrogens is 752 g/mol. The first-order chi connectivity index (χ1) is 27.4. The van der Waals surface area contributed by atoms with Crippen LogP contribution in [0.2, 0.25) is 0 Å². The van der Waals surface area contributed by atoms with Crippen LogP contribution in [0.1, 0.15) is 99.3 Å². The van der Waals surface area contributed by atoms with Gasteiger partial charge in [-0.15, -0.1) is 0 Å². The fourth-order valence-electron chi connectivity index (χ4n) is 13.0. The second-order valence-corrected chi connectivity index (χ2v) is 19.7. The van der Waals surface area contributed by atoms with Crippen molar-refractivity contribution in [3.05, 3.63) is 23.8 Å². The SMILES string of the molecule is C=C1CC[C@@]2(OC1)O[C@H]1C[C@H]3[C@@H]4CC=C5C[C@@H](O)C[C@@H](O[C@@H]6OC[C@H](OC(=O)[C@H](O)[C@@H](C)CC)[C@H](O)[C@H]6O[C@@H]6O[C@@H](C)[C@H](O)[C@@H](O)[C@H]6O)[C@]5(C)[C@H]4CC[C@]3(C)[C@H]1[C@@H]2C. The minimum absolute atomic E-state index is 0.0688. The van der Waals surface area contributed by atoms with Crippen molar-refractivity contribution in [2.75, 3.05) is 13.2 Å². The highest BCUT2D eigenvalue weighted by Gasteiger charge is 2.69. The Bertz CT molecular complexity index is 1560. The molecule has 0 amide bonds.